The van der Waals surface area contributed by atoms with Gasteiger partial charge in [0.25, 0.3) is 0 Å². The van der Waals surface area contributed by atoms with Crippen molar-refractivity contribution in [3.63, 3.8) is 0 Å². The molecule has 0 amide bonds. The second-order valence-corrected chi connectivity index (χ2v) is 1.40. The largest absolute Gasteiger partial charge is 0.192 e. The zero-order valence-corrected chi connectivity index (χ0v) is 5.18. The second-order valence-electron chi connectivity index (χ2n) is 1.40. The highest BCUT2D eigenvalue weighted by atomic mass is 14.3. The van der Waals surface area contributed by atoms with E-state index in [9.17, 15) is 0 Å². The lowest BCUT2D eigenvalue weighted by Crippen LogP contribution is -1.78. The summed E-state index contributed by atoms with van der Waals surface area (Å²) in [5.74, 6) is 0. The number of hydrogen-bond acceptors (Lipinski definition) is 2. The molecule has 9 heavy (non-hydrogen) atoms. The van der Waals surface area contributed by atoms with Gasteiger partial charge in [0.15, 0.2) is 0 Å². The highest BCUT2D eigenvalue weighted by Crippen LogP contribution is 2.02. The van der Waals surface area contributed by atoms with Crippen LogP contribution in [0.2, 0.25) is 0 Å². The van der Waals surface area contributed by atoms with Crippen LogP contribution >= 0.6 is 0 Å². The van der Waals surface area contributed by atoms with Crippen molar-refractivity contribution in [1.29, 1.82) is 10.5 Å². The van der Waals surface area contributed by atoms with Gasteiger partial charge in [-0.25, -0.2) is 0 Å². The van der Waals surface area contributed by atoms with E-state index in [1.54, 1.807) is 19.1 Å². The van der Waals surface area contributed by atoms with Crippen molar-refractivity contribution in [1.82, 2.24) is 0 Å². The Hall–Kier alpha value is -1.54. The molecule has 0 spiro atoms. The molecule has 0 N–H and O–H groups in total. The molecule has 0 fully saturated rings. The summed E-state index contributed by atoms with van der Waals surface area (Å²) >= 11 is 0. The van der Waals surface area contributed by atoms with Gasteiger partial charge in [-0.1, -0.05) is 12.7 Å². The van der Waals surface area contributed by atoms with E-state index in [1.165, 1.54) is 0 Å². The summed E-state index contributed by atoms with van der Waals surface area (Å²) in [5.41, 5.74) is 0.567. The van der Waals surface area contributed by atoms with Gasteiger partial charge in [-0.2, -0.15) is 10.5 Å². The highest BCUT2D eigenvalue weighted by Gasteiger charge is 1.95. The fourth-order valence-corrected chi connectivity index (χ4v) is 0.366. The lowest BCUT2D eigenvalue weighted by molar-refractivity contribution is 1.43. The van der Waals surface area contributed by atoms with E-state index in [-0.39, 0.29) is 5.57 Å². The second kappa shape index (κ2) is 3.46. The summed E-state index contributed by atoms with van der Waals surface area (Å²) in [6.45, 7) is 5.06. The molecule has 0 aromatic heterocycles. The van der Waals surface area contributed by atoms with Crippen LogP contribution in [0.5, 0.6) is 0 Å². The normalized spacial score (nSPS) is 9.44. The Morgan fingerprint density at radius 3 is 2.11 bits per heavy atom. The minimum absolute atomic E-state index is 0.222. The summed E-state index contributed by atoms with van der Waals surface area (Å²) in [6.07, 6.45) is 1.56. The molecule has 44 valence electrons. The Morgan fingerprint density at radius 2 is 2.00 bits per heavy atom. The zero-order chi connectivity index (χ0) is 7.28. The topological polar surface area (TPSA) is 47.6 Å². The van der Waals surface area contributed by atoms with E-state index in [0.717, 1.165) is 0 Å². The Balaban J connectivity index is 4.44. The molecule has 0 rings (SSSR count). The number of nitrogens with zero attached hydrogens (tertiary/aromatic N) is 2. The van der Waals surface area contributed by atoms with E-state index in [4.69, 9.17) is 10.5 Å². The monoisotopic (exact) mass is 118 g/mol. The average molecular weight is 118 g/mol. The lowest BCUT2D eigenvalue weighted by atomic mass is 10.1. The molecule has 0 unspecified atom stereocenters. The third-order valence-corrected chi connectivity index (χ3v) is 0.869. The molecule has 0 aliphatic rings. The van der Waals surface area contributed by atoms with Crippen molar-refractivity contribution >= 4 is 0 Å². The van der Waals surface area contributed by atoms with Gasteiger partial charge in [0.2, 0.25) is 0 Å². The molecular weight excluding hydrogens is 112 g/mol. The molecule has 0 aromatic rings. The van der Waals surface area contributed by atoms with Crippen molar-refractivity contribution in [3.8, 4) is 12.1 Å². The Kier molecular flexibility index (Phi) is 2.87. The molecule has 0 atom stereocenters. The molecule has 0 saturated carbocycles. The number of rotatable bonds is 1. The van der Waals surface area contributed by atoms with Gasteiger partial charge in [0, 0.05) is 0 Å². The highest BCUT2D eigenvalue weighted by molar-refractivity contribution is 5.47. The third-order valence-electron chi connectivity index (χ3n) is 0.869. The van der Waals surface area contributed by atoms with Crippen molar-refractivity contribution in [2.75, 3.05) is 0 Å². The quantitative estimate of drug-likeness (QED) is 0.387. The molecular formula is C7H6N2. The summed E-state index contributed by atoms with van der Waals surface area (Å²) in [5, 5.41) is 16.5. The van der Waals surface area contributed by atoms with Gasteiger partial charge in [0.05, 0.1) is 17.2 Å². The maximum absolute atomic E-state index is 8.30. The predicted molar refractivity (Wildman–Crippen MR) is 34.1 cm³/mol. The average Bonchev–Trinajstić information content (AvgIpc) is 1.90. The van der Waals surface area contributed by atoms with Crippen LogP contribution in [0.15, 0.2) is 23.8 Å². The molecule has 0 aliphatic carbocycles. The lowest BCUT2D eigenvalue weighted by Gasteiger charge is -1.85. The maximum Gasteiger partial charge on any atom is 0.100 e. The minimum Gasteiger partial charge on any atom is -0.192 e. The van der Waals surface area contributed by atoms with Gasteiger partial charge in [0.1, 0.15) is 6.07 Å². The van der Waals surface area contributed by atoms with E-state index < -0.39 is 0 Å². The van der Waals surface area contributed by atoms with Gasteiger partial charge in [-0.15, -0.1) is 0 Å². The van der Waals surface area contributed by atoms with Gasteiger partial charge < -0.3 is 0 Å². The van der Waals surface area contributed by atoms with Crippen molar-refractivity contribution < 1.29 is 0 Å². The van der Waals surface area contributed by atoms with Crippen molar-refractivity contribution in [3.05, 3.63) is 23.8 Å². The first-order valence-corrected chi connectivity index (χ1v) is 2.42. The summed E-state index contributed by atoms with van der Waals surface area (Å²) in [6, 6.07) is 3.62. The van der Waals surface area contributed by atoms with E-state index in [1.807, 2.05) is 6.07 Å². The molecule has 0 aliphatic heterocycles. The summed E-state index contributed by atoms with van der Waals surface area (Å²) in [4.78, 5) is 0. The molecule has 0 saturated heterocycles. The van der Waals surface area contributed by atoms with Crippen LogP contribution < -0.4 is 0 Å². The number of nitriles is 2. The first-order chi connectivity index (χ1) is 4.26. The summed E-state index contributed by atoms with van der Waals surface area (Å²) in [7, 11) is 0. The Morgan fingerprint density at radius 1 is 1.44 bits per heavy atom. The van der Waals surface area contributed by atoms with Gasteiger partial charge in [-0.3, -0.25) is 0 Å². The van der Waals surface area contributed by atoms with Gasteiger partial charge in [-0.05, 0) is 6.92 Å². The first kappa shape index (κ1) is 7.46. The summed E-state index contributed by atoms with van der Waals surface area (Å²) < 4.78 is 0. The molecule has 2 nitrogen and oxygen atoms in total. The minimum atomic E-state index is 0.222. The fraction of sp³-hybridized carbons (Fsp3) is 0.143. The predicted octanol–water partition coefficient (Wildman–Crippen LogP) is 1.54. The Labute approximate surface area is 54.3 Å². The van der Waals surface area contributed by atoms with Crippen LogP contribution in [0.3, 0.4) is 0 Å². The molecule has 2 heteroatoms. The van der Waals surface area contributed by atoms with Crippen LogP contribution in [-0.2, 0) is 0 Å². The van der Waals surface area contributed by atoms with Crippen LogP contribution in [0.25, 0.3) is 0 Å². The zero-order valence-electron chi connectivity index (χ0n) is 5.18. The van der Waals surface area contributed by atoms with E-state index in [0.29, 0.717) is 5.57 Å². The molecule has 0 heterocycles. The van der Waals surface area contributed by atoms with Crippen molar-refractivity contribution in [2.45, 2.75) is 6.92 Å². The van der Waals surface area contributed by atoms with E-state index in [2.05, 4.69) is 6.58 Å². The van der Waals surface area contributed by atoms with Crippen LogP contribution in [0, 0.1) is 22.7 Å². The third kappa shape index (κ3) is 1.80. The number of hydrogen-bond donors (Lipinski definition) is 0. The van der Waals surface area contributed by atoms with Crippen molar-refractivity contribution in [2.24, 2.45) is 0 Å². The fourth-order valence-electron chi connectivity index (χ4n) is 0.366. The molecule has 0 radical (unpaired) electrons. The number of allylic oxidation sites excluding steroid dienone is 3. The van der Waals surface area contributed by atoms with Crippen LogP contribution in [0.4, 0.5) is 0 Å². The maximum atomic E-state index is 8.30. The standard InChI is InChI=1S/C7H6N2/c1-3-7(5-9)6(2)4-8/h3H,2H2,1H3/b7-3-. The first-order valence-electron chi connectivity index (χ1n) is 2.42. The SMILES string of the molecule is C=C(C#N)/C(C#N)=C\C. The molecule has 0 aromatic carbocycles. The Bertz CT molecular complexity index is 222. The molecule has 0 bridgehead atoms. The van der Waals surface area contributed by atoms with Crippen LogP contribution in [0.1, 0.15) is 6.92 Å². The van der Waals surface area contributed by atoms with Gasteiger partial charge >= 0.3 is 0 Å². The van der Waals surface area contributed by atoms with Crippen LogP contribution in [-0.4, -0.2) is 0 Å². The smallest absolute Gasteiger partial charge is 0.100 e. The van der Waals surface area contributed by atoms with E-state index >= 15 is 0 Å².